The second-order valence-corrected chi connectivity index (χ2v) is 4.74. The van der Waals surface area contributed by atoms with Crippen LogP contribution in [0.25, 0.3) is 0 Å². The highest BCUT2D eigenvalue weighted by molar-refractivity contribution is 6.30. The molecular weight excluding hydrogens is 208 g/mol. The van der Waals surface area contributed by atoms with Gasteiger partial charge in [0.15, 0.2) is 0 Å². The van der Waals surface area contributed by atoms with Gasteiger partial charge >= 0.3 is 0 Å². The minimum atomic E-state index is 0.292. The van der Waals surface area contributed by atoms with Gasteiger partial charge in [-0.2, -0.15) is 0 Å². The molecule has 0 spiro atoms. The molecule has 0 atom stereocenters. The van der Waals surface area contributed by atoms with Gasteiger partial charge in [0, 0.05) is 10.9 Å². The first-order chi connectivity index (χ1) is 7.29. The maximum Gasteiger partial charge on any atom is 0.123 e. The Morgan fingerprint density at radius 3 is 2.53 bits per heavy atom. The molecule has 0 radical (unpaired) electrons. The first-order valence-corrected chi connectivity index (χ1v) is 5.88. The van der Waals surface area contributed by atoms with Gasteiger partial charge < -0.3 is 4.79 Å². The molecule has 1 aromatic carbocycles. The highest BCUT2D eigenvalue weighted by Gasteiger charge is 2.21. The molecule has 1 aliphatic carbocycles. The van der Waals surface area contributed by atoms with E-state index in [9.17, 15) is 4.79 Å². The van der Waals surface area contributed by atoms with Gasteiger partial charge in [0.25, 0.3) is 0 Å². The van der Waals surface area contributed by atoms with E-state index >= 15 is 0 Å². The largest absolute Gasteiger partial charge is 0.303 e. The lowest BCUT2D eigenvalue weighted by molar-refractivity contribution is -0.111. The van der Waals surface area contributed by atoms with E-state index in [0.29, 0.717) is 11.8 Å². The Labute approximate surface area is 95.4 Å². The van der Waals surface area contributed by atoms with Crippen LogP contribution in [0.15, 0.2) is 24.3 Å². The van der Waals surface area contributed by atoms with Crippen LogP contribution in [0, 0.1) is 5.92 Å². The lowest BCUT2D eigenvalue weighted by atomic mass is 9.79. The van der Waals surface area contributed by atoms with E-state index in [1.807, 2.05) is 18.2 Å². The maximum atomic E-state index is 10.6. The lowest BCUT2D eigenvalue weighted by Gasteiger charge is -2.25. The molecule has 2 rings (SSSR count). The average molecular weight is 223 g/mol. The van der Waals surface area contributed by atoms with E-state index in [1.54, 1.807) is 0 Å². The van der Waals surface area contributed by atoms with Crippen molar-refractivity contribution in [1.82, 2.24) is 0 Å². The summed E-state index contributed by atoms with van der Waals surface area (Å²) in [6.07, 6.45) is 5.39. The topological polar surface area (TPSA) is 17.1 Å². The van der Waals surface area contributed by atoms with Crippen molar-refractivity contribution in [3.8, 4) is 0 Å². The number of carbonyl (C=O) groups excluding carboxylic acids is 1. The highest BCUT2D eigenvalue weighted by Crippen LogP contribution is 2.35. The molecule has 15 heavy (non-hydrogen) atoms. The van der Waals surface area contributed by atoms with Gasteiger partial charge in [-0.3, -0.25) is 0 Å². The Morgan fingerprint density at radius 1 is 1.20 bits per heavy atom. The maximum absolute atomic E-state index is 10.6. The molecular formula is C13H15ClO. The summed E-state index contributed by atoms with van der Waals surface area (Å²) in [5.74, 6) is 0.889. The molecule has 0 bridgehead atoms. The van der Waals surface area contributed by atoms with Crippen LogP contribution in [0.1, 0.15) is 37.2 Å². The average Bonchev–Trinajstić information content (AvgIpc) is 2.29. The smallest absolute Gasteiger partial charge is 0.123 e. The zero-order valence-electron chi connectivity index (χ0n) is 8.66. The van der Waals surface area contributed by atoms with Crippen LogP contribution in [0.5, 0.6) is 0 Å². The van der Waals surface area contributed by atoms with Gasteiger partial charge in [0.05, 0.1) is 0 Å². The third kappa shape index (κ3) is 2.60. The fourth-order valence-corrected chi connectivity index (χ4v) is 2.55. The number of hydrogen-bond acceptors (Lipinski definition) is 1. The number of benzene rings is 1. The number of rotatable bonds is 2. The van der Waals surface area contributed by atoms with Crippen molar-refractivity contribution in [2.24, 2.45) is 5.92 Å². The molecule has 1 fully saturated rings. The van der Waals surface area contributed by atoms with E-state index in [1.165, 1.54) is 5.56 Å². The summed E-state index contributed by atoms with van der Waals surface area (Å²) in [7, 11) is 0. The predicted octanol–water partition coefficient (Wildman–Crippen LogP) is 3.81. The summed E-state index contributed by atoms with van der Waals surface area (Å²) in [5.41, 5.74) is 1.33. The van der Waals surface area contributed by atoms with Crippen molar-refractivity contribution in [3.63, 3.8) is 0 Å². The summed E-state index contributed by atoms with van der Waals surface area (Å²) in [6, 6.07) is 8.09. The number of hydrogen-bond donors (Lipinski definition) is 0. The molecule has 1 aromatic rings. The molecule has 2 heteroatoms. The minimum absolute atomic E-state index is 0.292. The van der Waals surface area contributed by atoms with Gasteiger partial charge in [-0.1, -0.05) is 23.7 Å². The van der Waals surface area contributed by atoms with Crippen LogP contribution in [-0.4, -0.2) is 6.29 Å². The van der Waals surface area contributed by atoms with Crippen molar-refractivity contribution in [3.05, 3.63) is 34.9 Å². The summed E-state index contributed by atoms with van der Waals surface area (Å²) in [4.78, 5) is 10.6. The standard InChI is InChI=1S/C13H15ClO/c14-13-3-1-2-12(8-13)11-6-4-10(9-15)5-7-11/h1-3,8-11H,4-7H2. The van der Waals surface area contributed by atoms with Crippen molar-refractivity contribution in [1.29, 1.82) is 0 Å². The Bertz CT molecular complexity index is 340. The van der Waals surface area contributed by atoms with Gasteiger partial charge in [0.1, 0.15) is 6.29 Å². The molecule has 1 nitrogen and oxygen atoms in total. The minimum Gasteiger partial charge on any atom is -0.303 e. The normalized spacial score (nSPS) is 26.2. The fraction of sp³-hybridized carbons (Fsp3) is 0.462. The molecule has 0 unspecified atom stereocenters. The molecule has 0 amide bonds. The SMILES string of the molecule is O=CC1CCC(c2cccc(Cl)c2)CC1. The Balaban J connectivity index is 2.04. The summed E-state index contributed by atoms with van der Waals surface area (Å²) in [6.45, 7) is 0. The van der Waals surface area contributed by atoms with E-state index in [-0.39, 0.29) is 0 Å². The summed E-state index contributed by atoms with van der Waals surface area (Å²) >= 11 is 5.96. The zero-order valence-corrected chi connectivity index (χ0v) is 9.41. The van der Waals surface area contributed by atoms with Crippen LogP contribution in [0.2, 0.25) is 5.02 Å². The first kappa shape index (κ1) is 10.7. The van der Waals surface area contributed by atoms with Crippen molar-refractivity contribution in [2.75, 3.05) is 0 Å². The number of aldehydes is 1. The van der Waals surface area contributed by atoms with Crippen LogP contribution < -0.4 is 0 Å². The second-order valence-electron chi connectivity index (χ2n) is 4.30. The third-order valence-corrected chi connectivity index (χ3v) is 3.52. The molecule has 0 heterocycles. The molecule has 0 aromatic heterocycles. The fourth-order valence-electron chi connectivity index (χ4n) is 2.35. The van der Waals surface area contributed by atoms with Gasteiger partial charge in [0.2, 0.25) is 0 Å². The van der Waals surface area contributed by atoms with E-state index in [4.69, 9.17) is 11.6 Å². The molecule has 1 aliphatic rings. The van der Waals surface area contributed by atoms with E-state index in [2.05, 4.69) is 6.07 Å². The molecule has 0 N–H and O–H groups in total. The van der Waals surface area contributed by atoms with E-state index < -0.39 is 0 Å². The molecule has 1 saturated carbocycles. The van der Waals surface area contributed by atoms with Crippen molar-refractivity contribution in [2.45, 2.75) is 31.6 Å². The molecule has 0 aliphatic heterocycles. The lowest BCUT2D eigenvalue weighted by Crippen LogP contribution is -2.14. The van der Waals surface area contributed by atoms with Crippen LogP contribution in [0.3, 0.4) is 0 Å². The van der Waals surface area contributed by atoms with Crippen LogP contribution in [0.4, 0.5) is 0 Å². The molecule has 0 saturated heterocycles. The Morgan fingerprint density at radius 2 is 1.93 bits per heavy atom. The highest BCUT2D eigenvalue weighted by atomic mass is 35.5. The predicted molar refractivity (Wildman–Crippen MR) is 62.2 cm³/mol. The quantitative estimate of drug-likeness (QED) is 0.696. The van der Waals surface area contributed by atoms with Crippen molar-refractivity contribution >= 4 is 17.9 Å². The van der Waals surface area contributed by atoms with Gasteiger partial charge in [-0.05, 0) is 49.3 Å². The van der Waals surface area contributed by atoms with Crippen molar-refractivity contribution < 1.29 is 4.79 Å². The van der Waals surface area contributed by atoms with Crippen LogP contribution in [-0.2, 0) is 4.79 Å². The van der Waals surface area contributed by atoms with Gasteiger partial charge in [-0.25, -0.2) is 0 Å². The van der Waals surface area contributed by atoms with E-state index in [0.717, 1.165) is 37.0 Å². The Kier molecular flexibility index (Phi) is 3.42. The first-order valence-electron chi connectivity index (χ1n) is 5.50. The second kappa shape index (κ2) is 4.80. The number of halogens is 1. The van der Waals surface area contributed by atoms with Gasteiger partial charge in [-0.15, -0.1) is 0 Å². The monoisotopic (exact) mass is 222 g/mol. The third-order valence-electron chi connectivity index (χ3n) is 3.28. The summed E-state index contributed by atoms with van der Waals surface area (Å²) < 4.78 is 0. The Hall–Kier alpha value is -0.820. The number of carbonyl (C=O) groups is 1. The molecule has 80 valence electrons. The van der Waals surface area contributed by atoms with Crippen LogP contribution >= 0.6 is 11.6 Å². The summed E-state index contributed by atoms with van der Waals surface area (Å²) in [5, 5.41) is 0.810. The zero-order chi connectivity index (χ0) is 10.7.